The molecular weight excluding hydrogens is 1200 g/mol. The molecule has 4 aromatic carbocycles. The summed E-state index contributed by atoms with van der Waals surface area (Å²) in [7, 11) is -24.3. The zero-order valence-corrected chi connectivity index (χ0v) is 50.7. The molecule has 4 aromatic rings. The molecule has 6 rings (SSSR count). The molecule has 2 atom stereocenters. The molecule has 29 heteroatoms. The largest absolute Gasteiger partial charge is 0.744 e. The lowest BCUT2D eigenvalue weighted by atomic mass is 9.74. The first-order chi connectivity index (χ1) is 39.4. The summed E-state index contributed by atoms with van der Waals surface area (Å²) >= 11 is 0. The summed E-state index contributed by atoms with van der Waals surface area (Å²) < 4.78 is 214. The van der Waals surface area contributed by atoms with E-state index in [4.69, 9.17) is 23.7 Å². The minimum atomic E-state index is -5.40. The maximum absolute atomic E-state index is 12.7. The van der Waals surface area contributed by atoms with Gasteiger partial charge in [-0.15, -0.1) is 0 Å². The van der Waals surface area contributed by atoms with Crippen LogP contribution >= 0.6 is 0 Å². The maximum Gasteiger partial charge on any atom is 0.303 e. The second-order valence-electron chi connectivity index (χ2n) is 20.2. The highest BCUT2D eigenvalue weighted by Gasteiger charge is 2.49. The molecule has 0 fully saturated rings. The quantitative estimate of drug-likeness (QED) is 0.0244. The number of likely N-dealkylation sites (N-methyl/N-ethyl adjacent to an activating group) is 1. The van der Waals surface area contributed by atoms with Crippen molar-refractivity contribution in [3.8, 4) is 0 Å². The summed E-state index contributed by atoms with van der Waals surface area (Å²) in [6.45, 7) is 8.67. The standard InChI is InChI=1S/C55H70N2O22S5/c1-5-56-45-20-18-41-43(35-39(81(63,64)65)37-47(41)83(69,70)71)52(45)55(3,23-25-76-28-29-78-32-33-79-31-30-77-27-26-75-4)49(56)15-10-7-6-8-11-16-50-54(2,22-14-34-80(60,61)62)53-44-36-40(82(66,67)68)38-48(84(72,73)74)42(44)19-21-46(53)57(50)24-13-9-12-17-51(58)59/h6-8,10-11,15-16,18-21,35-38H,5,9,12-14,17,22-34H2,1-4H3,(H5-,58,59,60,61,62,63,64,65,66,67,68,69,70,71,72,73,74)/p-3. The van der Waals surface area contributed by atoms with Gasteiger partial charge in [-0.1, -0.05) is 36.4 Å². The minimum absolute atomic E-state index is 0.0512. The molecule has 2 heterocycles. The lowest BCUT2D eigenvalue weighted by Crippen LogP contribution is -2.32. The fourth-order valence-corrected chi connectivity index (χ4v) is 13.9. The number of benzene rings is 4. The van der Waals surface area contributed by atoms with Crippen molar-refractivity contribution >= 4 is 95.2 Å². The molecule has 2 aliphatic rings. The molecule has 0 saturated carbocycles. The van der Waals surface area contributed by atoms with Crippen molar-refractivity contribution in [2.24, 2.45) is 0 Å². The highest BCUT2D eigenvalue weighted by molar-refractivity contribution is 7.87. The van der Waals surface area contributed by atoms with Crippen LogP contribution in [-0.4, -0.2) is 172 Å². The van der Waals surface area contributed by atoms with E-state index in [-0.39, 0.29) is 85.8 Å². The van der Waals surface area contributed by atoms with Crippen LogP contribution in [0, 0.1) is 0 Å². The lowest BCUT2D eigenvalue weighted by molar-refractivity contribution is -0.438. The Morgan fingerprint density at radius 1 is 0.595 bits per heavy atom. The number of hydrogen-bond donors (Lipinski definition) is 2. The Morgan fingerprint density at radius 2 is 1.11 bits per heavy atom. The van der Waals surface area contributed by atoms with E-state index in [0.29, 0.717) is 99.3 Å². The van der Waals surface area contributed by atoms with Gasteiger partial charge in [-0.05, 0) is 117 Å². The Bertz CT molecular complexity index is 3840. The van der Waals surface area contributed by atoms with Crippen LogP contribution in [-0.2, 0) is 89.9 Å². The first-order valence-electron chi connectivity index (χ1n) is 26.6. The van der Waals surface area contributed by atoms with Gasteiger partial charge in [-0.3, -0.25) is 9.35 Å². The number of ether oxygens (including phenoxy) is 5. The van der Waals surface area contributed by atoms with Crippen molar-refractivity contribution in [1.29, 1.82) is 0 Å². The van der Waals surface area contributed by atoms with E-state index in [2.05, 4.69) is 0 Å². The summed E-state index contributed by atoms with van der Waals surface area (Å²) in [6.07, 6.45) is 12.8. The van der Waals surface area contributed by atoms with E-state index in [1.807, 2.05) is 23.3 Å². The predicted octanol–water partition coefficient (Wildman–Crippen LogP) is 5.73. The fraction of sp³-hybridized carbons (Fsp3) is 0.455. The first-order valence-corrected chi connectivity index (χ1v) is 33.8. The summed E-state index contributed by atoms with van der Waals surface area (Å²) in [5, 5.41) is 8.95. The van der Waals surface area contributed by atoms with E-state index in [9.17, 15) is 74.8 Å². The monoisotopic (exact) mass is 1270 g/mol. The van der Waals surface area contributed by atoms with Gasteiger partial charge >= 0.3 is 5.97 Å². The van der Waals surface area contributed by atoms with Crippen molar-refractivity contribution in [2.75, 3.05) is 90.3 Å². The van der Waals surface area contributed by atoms with Crippen LogP contribution < -0.4 is 4.90 Å². The van der Waals surface area contributed by atoms with Gasteiger partial charge in [0.25, 0.3) is 10.1 Å². The smallest absolute Gasteiger partial charge is 0.303 e. The van der Waals surface area contributed by atoms with Gasteiger partial charge in [-0.25, -0.2) is 33.7 Å². The Balaban J connectivity index is 1.38. The molecule has 2 aliphatic heterocycles. The first kappa shape index (κ1) is 67.8. The average Bonchev–Trinajstić information content (AvgIpc) is 1.64. The molecule has 2 N–H and O–H groups in total. The topological polar surface area (TPSA) is 373 Å². The molecule has 24 nitrogen and oxygen atoms in total. The highest BCUT2D eigenvalue weighted by Crippen LogP contribution is 2.54. The molecule has 2 unspecified atom stereocenters. The normalized spacial score (nSPS) is 18.5. The van der Waals surface area contributed by atoms with Gasteiger partial charge in [0.1, 0.15) is 47.0 Å². The SMILES string of the molecule is CCN1C(=CC=CC=CC=CC2=[N+](CCCCCC(=O)O)c3ccc4c(S(=O)(=O)[O-])cc(S(=O)(=O)[O-])cc4c3C2(C)CCCS(=O)(=O)O)C(C)(CCOCCOCCOCCOCCOC)c2c1ccc1c(S(=O)(=O)[O-])cc(S(=O)(=O)[O-])cc21. The van der Waals surface area contributed by atoms with E-state index in [1.54, 1.807) is 62.6 Å². The summed E-state index contributed by atoms with van der Waals surface area (Å²) in [5.74, 6) is -1.70. The zero-order chi connectivity index (χ0) is 61.9. The van der Waals surface area contributed by atoms with Crippen molar-refractivity contribution in [3.63, 3.8) is 0 Å². The van der Waals surface area contributed by atoms with Crippen molar-refractivity contribution in [2.45, 2.75) is 96.1 Å². The number of carboxylic acid groups (broad SMARTS) is 1. The maximum atomic E-state index is 12.7. The summed E-state index contributed by atoms with van der Waals surface area (Å²) in [4.78, 5) is 9.49. The molecule has 0 aromatic heterocycles. The number of unbranched alkanes of at least 4 members (excludes halogenated alkanes) is 2. The summed E-state index contributed by atoms with van der Waals surface area (Å²) in [5.41, 5.74) is 0.307. The third-order valence-electron chi connectivity index (χ3n) is 14.5. The molecule has 84 heavy (non-hydrogen) atoms. The second-order valence-corrected chi connectivity index (χ2v) is 27.2. The van der Waals surface area contributed by atoms with Crippen LogP contribution in [0.5, 0.6) is 0 Å². The number of aliphatic carboxylic acids is 1. The van der Waals surface area contributed by atoms with E-state index in [1.165, 1.54) is 18.2 Å². The van der Waals surface area contributed by atoms with Crippen molar-refractivity contribution in [3.05, 3.63) is 108 Å². The van der Waals surface area contributed by atoms with Gasteiger partial charge in [-0.2, -0.15) is 13.0 Å². The van der Waals surface area contributed by atoms with Crippen LogP contribution in [0.1, 0.15) is 76.8 Å². The molecule has 0 radical (unpaired) electrons. The lowest BCUT2D eigenvalue weighted by Gasteiger charge is -2.30. The van der Waals surface area contributed by atoms with Crippen LogP contribution in [0.2, 0.25) is 0 Å². The Morgan fingerprint density at radius 3 is 1.62 bits per heavy atom. The molecule has 462 valence electrons. The number of methoxy groups -OCH3 is 1. The Hall–Kier alpha value is -5.35. The van der Waals surface area contributed by atoms with Gasteiger partial charge in [0.15, 0.2) is 5.71 Å². The second kappa shape index (κ2) is 28.4. The number of hydrogen-bond acceptors (Lipinski definition) is 21. The number of rotatable bonds is 34. The number of carbonyl (C=O) groups is 1. The number of carboxylic acids is 1. The summed E-state index contributed by atoms with van der Waals surface area (Å²) in [6, 6.07) is 8.91. The average molecular weight is 1270 g/mol. The third-order valence-corrected chi connectivity index (χ3v) is 18.7. The van der Waals surface area contributed by atoms with Gasteiger partial charge in [0.05, 0.1) is 83.6 Å². The number of nitrogens with zero attached hydrogens (tertiary/aromatic N) is 2. The Kier molecular flexibility index (Phi) is 22.9. The highest BCUT2D eigenvalue weighted by atomic mass is 32.2. The third kappa shape index (κ3) is 16.8. The molecule has 0 saturated heterocycles. The number of allylic oxidation sites excluding steroid dienone is 8. The van der Waals surface area contributed by atoms with Gasteiger partial charge < -0.3 is 51.9 Å². The van der Waals surface area contributed by atoms with E-state index >= 15 is 0 Å². The minimum Gasteiger partial charge on any atom is -0.744 e. The molecular formula is C55H67N2O22S5-3. The number of anilines is 1. The predicted molar refractivity (Wildman–Crippen MR) is 304 cm³/mol. The van der Waals surface area contributed by atoms with E-state index < -0.39 is 92.7 Å². The van der Waals surface area contributed by atoms with Crippen LogP contribution in [0.3, 0.4) is 0 Å². The van der Waals surface area contributed by atoms with Crippen molar-refractivity contribution < 1.29 is 103 Å². The molecule has 0 bridgehead atoms. The molecule has 0 aliphatic carbocycles. The Labute approximate surface area is 489 Å². The zero-order valence-electron chi connectivity index (χ0n) is 46.6. The fourth-order valence-electron chi connectivity index (χ4n) is 10.8. The van der Waals surface area contributed by atoms with Crippen LogP contribution in [0.25, 0.3) is 21.5 Å². The van der Waals surface area contributed by atoms with Crippen LogP contribution in [0.4, 0.5) is 11.4 Å². The van der Waals surface area contributed by atoms with Gasteiger partial charge in [0, 0.05) is 73.0 Å². The van der Waals surface area contributed by atoms with Crippen molar-refractivity contribution in [1.82, 2.24) is 0 Å². The van der Waals surface area contributed by atoms with Gasteiger partial charge in [0.2, 0.25) is 5.69 Å². The van der Waals surface area contributed by atoms with Crippen LogP contribution in [0.15, 0.2) is 116 Å². The molecule has 0 amide bonds. The number of fused-ring (bicyclic) bond motifs is 6. The van der Waals surface area contributed by atoms with E-state index in [0.717, 1.165) is 12.1 Å². The molecule has 0 spiro atoms.